The normalized spacial score (nSPS) is 10.9. The quantitative estimate of drug-likeness (QED) is 0.395. The number of amides is 1. The monoisotopic (exact) mass is 429 g/mol. The zero-order valence-electron chi connectivity index (χ0n) is 16.8. The van der Waals surface area contributed by atoms with Crippen molar-refractivity contribution in [3.8, 4) is 5.75 Å². The summed E-state index contributed by atoms with van der Waals surface area (Å²) in [4.78, 5) is 12.0. The Bertz CT molecular complexity index is 974. The summed E-state index contributed by atoms with van der Waals surface area (Å²) < 4.78 is 20.0. The first-order valence-electron chi connectivity index (χ1n) is 9.52. The summed E-state index contributed by atoms with van der Waals surface area (Å²) in [5.74, 6) is 7.67. The van der Waals surface area contributed by atoms with Crippen LogP contribution in [0.25, 0.3) is 0 Å². The van der Waals surface area contributed by atoms with Gasteiger partial charge in [0.15, 0.2) is 5.82 Å². The Balaban J connectivity index is 1.45. The van der Waals surface area contributed by atoms with Crippen molar-refractivity contribution in [2.75, 3.05) is 16.9 Å². The lowest BCUT2D eigenvalue weighted by atomic mass is 10.0. The minimum absolute atomic E-state index is 0.175. The number of hydrogen-bond acceptors (Lipinski definition) is 6. The second-order valence-electron chi connectivity index (χ2n) is 6.93. The number of nitrogen functional groups attached to an aromatic ring is 1. The van der Waals surface area contributed by atoms with Crippen LogP contribution in [0.5, 0.6) is 5.75 Å². The van der Waals surface area contributed by atoms with Gasteiger partial charge in [0.2, 0.25) is 11.1 Å². The highest BCUT2D eigenvalue weighted by molar-refractivity contribution is 7.99. The number of halogens is 1. The van der Waals surface area contributed by atoms with Crippen molar-refractivity contribution >= 4 is 23.4 Å². The van der Waals surface area contributed by atoms with Crippen LogP contribution in [0, 0.1) is 5.82 Å². The van der Waals surface area contributed by atoms with Crippen LogP contribution in [0.1, 0.15) is 37.6 Å². The molecule has 2 aromatic carbocycles. The maximum absolute atomic E-state index is 12.9. The van der Waals surface area contributed by atoms with Gasteiger partial charge in [-0.05, 0) is 47.9 Å². The summed E-state index contributed by atoms with van der Waals surface area (Å²) in [5, 5.41) is 11.3. The van der Waals surface area contributed by atoms with Gasteiger partial charge in [0.05, 0.1) is 0 Å². The second-order valence-corrected chi connectivity index (χ2v) is 8.00. The molecule has 0 aliphatic heterocycles. The minimum Gasteiger partial charge on any atom is -0.486 e. The second kappa shape index (κ2) is 10.1. The molecule has 0 saturated heterocycles. The Labute approximate surface area is 178 Å². The van der Waals surface area contributed by atoms with E-state index in [1.807, 2.05) is 24.3 Å². The first kappa shape index (κ1) is 21.6. The van der Waals surface area contributed by atoms with Gasteiger partial charge in [-0.3, -0.25) is 4.79 Å². The summed E-state index contributed by atoms with van der Waals surface area (Å²) in [6.45, 7) is 4.47. The van der Waals surface area contributed by atoms with Crippen molar-refractivity contribution in [3.05, 3.63) is 65.7 Å². The number of carbonyl (C=O) groups excluding carboxylic acids is 1. The molecule has 9 heteroatoms. The van der Waals surface area contributed by atoms with Gasteiger partial charge in [0, 0.05) is 17.9 Å². The zero-order chi connectivity index (χ0) is 21.5. The maximum Gasteiger partial charge on any atom is 0.225 e. The highest BCUT2D eigenvalue weighted by atomic mass is 32.2. The molecule has 7 nitrogen and oxygen atoms in total. The predicted molar refractivity (Wildman–Crippen MR) is 115 cm³/mol. The number of nitrogens with zero attached hydrogens (tertiary/aromatic N) is 3. The number of nitrogens with one attached hydrogen (secondary N) is 1. The van der Waals surface area contributed by atoms with E-state index in [2.05, 4.69) is 29.4 Å². The molecule has 1 aromatic heterocycles. The maximum atomic E-state index is 12.9. The van der Waals surface area contributed by atoms with Crippen LogP contribution < -0.4 is 15.9 Å². The van der Waals surface area contributed by atoms with Crippen LogP contribution in [0.3, 0.4) is 0 Å². The van der Waals surface area contributed by atoms with Gasteiger partial charge in [0.25, 0.3) is 0 Å². The molecule has 30 heavy (non-hydrogen) atoms. The summed E-state index contributed by atoms with van der Waals surface area (Å²) in [5.41, 5.74) is 1.79. The van der Waals surface area contributed by atoms with E-state index < -0.39 is 0 Å². The molecule has 158 valence electrons. The number of nitrogens with two attached hydrogens (primary N) is 1. The molecule has 0 spiro atoms. The van der Waals surface area contributed by atoms with E-state index in [1.165, 1.54) is 46.3 Å². The van der Waals surface area contributed by atoms with Crippen molar-refractivity contribution in [3.63, 3.8) is 0 Å². The first-order chi connectivity index (χ1) is 14.4. The molecule has 0 radical (unpaired) electrons. The molecule has 0 atom stereocenters. The molecule has 0 bridgehead atoms. The number of hydrogen-bond donors (Lipinski definition) is 2. The Hall–Kier alpha value is -3.07. The van der Waals surface area contributed by atoms with Crippen LogP contribution >= 0.6 is 11.8 Å². The molecule has 1 amide bonds. The smallest absolute Gasteiger partial charge is 0.225 e. The van der Waals surface area contributed by atoms with Crippen LogP contribution in [0.15, 0.2) is 53.7 Å². The van der Waals surface area contributed by atoms with Gasteiger partial charge in [-0.1, -0.05) is 37.7 Å². The summed E-state index contributed by atoms with van der Waals surface area (Å²) in [6.07, 6.45) is 0.253. The lowest BCUT2D eigenvalue weighted by Gasteiger charge is -2.09. The van der Waals surface area contributed by atoms with Crippen LogP contribution in [-0.4, -0.2) is 26.5 Å². The molecule has 0 aliphatic rings. The number of anilines is 1. The van der Waals surface area contributed by atoms with E-state index in [4.69, 9.17) is 10.6 Å². The highest BCUT2D eigenvalue weighted by Crippen LogP contribution is 2.20. The summed E-state index contributed by atoms with van der Waals surface area (Å²) >= 11 is 1.32. The predicted octanol–water partition coefficient (Wildman–Crippen LogP) is 3.95. The van der Waals surface area contributed by atoms with Crippen LogP contribution in [0.4, 0.5) is 10.1 Å². The van der Waals surface area contributed by atoms with Gasteiger partial charge in [-0.25, -0.2) is 9.07 Å². The van der Waals surface area contributed by atoms with E-state index in [0.717, 1.165) is 5.75 Å². The third kappa shape index (κ3) is 5.96. The largest absolute Gasteiger partial charge is 0.486 e. The summed E-state index contributed by atoms with van der Waals surface area (Å²) in [7, 11) is 0. The molecule has 3 rings (SSSR count). The molecule has 0 fully saturated rings. The van der Waals surface area contributed by atoms with Gasteiger partial charge in [-0.15, -0.1) is 10.2 Å². The average molecular weight is 430 g/mol. The van der Waals surface area contributed by atoms with E-state index in [1.54, 1.807) is 0 Å². The number of carbonyl (C=O) groups is 1. The Morgan fingerprint density at radius 1 is 1.17 bits per heavy atom. The standard InChI is InChI=1S/C21H24FN5O2S/c1-14(2)15-3-9-18(10-4-15)29-13-19-25-26-21(27(19)23)30-12-11-20(28)24-17-7-5-16(22)6-8-17/h3-10,14H,11-13,23H2,1-2H3,(H,24,28). The van der Waals surface area contributed by atoms with Crippen molar-refractivity contribution in [2.45, 2.75) is 37.9 Å². The van der Waals surface area contributed by atoms with Crippen molar-refractivity contribution < 1.29 is 13.9 Å². The third-order valence-corrected chi connectivity index (χ3v) is 5.28. The Morgan fingerprint density at radius 2 is 1.87 bits per heavy atom. The molecule has 0 aliphatic carbocycles. The fraction of sp³-hybridized carbons (Fsp3) is 0.286. The molecular weight excluding hydrogens is 405 g/mol. The molecule has 3 aromatic rings. The topological polar surface area (TPSA) is 95.1 Å². The van der Waals surface area contributed by atoms with Crippen molar-refractivity contribution in [1.29, 1.82) is 0 Å². The fourth-order valence-corrected chi connectivity index (χ4v) is 3.41. The van der Waals surface area contributed by atoms with Gasteiger partial charge < -0.3 is 15.9 Å². The molecular formula is C21H24FN5O2S. The summed E-state index contributed by atoms with van der Waals surface area (Å²) in [6, 6.07) is 13.5. The number of rotatable bonds is 9. The Morgan fingerprint density at radius 3 is 2.53 bits per heavy atom. The number of aromatic nitrogens is 3. The number of thioether (sulfide) groups is 1. The van der Waals surface area contributed by atoms with Crippen LogP contribution in [-0.2, 0) is 11.4 Å². The minimum atomic E-state index is -0.349. The Kier molecular flexibility index (Phi) is 7.29. The molecule has 0 saturated carbocycles. The number of ether oxygens (including phenoxy) is 1. The zero-order valence-corrected chi connectivity index (χ0v) is 17.7. The van der Waals surface area contributed by atoms with Gasteiger partial charge in [0.1, 0.15) is 18.2 Å². The lowest BCUT2D eigenvalue weighted by molar-refractivity contribution is -0.115. The van der Waals surface area contributed by atoms with E-state index >= 15 is 0 Å². The fourth-order valence-electron chi connectivity index (χ4n) is 2.59. The first-order valence-corrected chi connectivity index (χ1v) is 10.5. The molecule has 1 heterocycles. The SMILES string of the molecule is CC(C)c1ccc(OCc2nnc(SCCC(=O)Nc3ccc(F)cc3)n2N)cc1. The molecule has 0 unspecified atom stereocenters. The van der Waals surface area contributed by atoms with Crippen molar-refractivity contribution in [2.24, 2.45) is 0 Å². The average Bonchev–Trinajstić information content (AvgIpc) is 3.08. The highest BCUT2D eigenvalue weighted by Gasteiger charge is 2.12. The van der Waals surface area contributed by atoms with Crippen molar-refractivity contribution in [1.82, 2.24) is 14.9 Å². The lowest BCUT2D eigenvalue weighted by Crippen LogP contribution is -2.16. The molecule has 3 N–H and O–H groups in total. The van der Waals surface area contributed by atoms with Gasteiger partial charge in [-0.2, -0.15) is 0 Å². The third-order valence-electron chi connectivity index (χ3n) is 4.34. The van der Waals surface area contributed by atoms with E-state index in [9.17, 15) is 9.18 Å². The van der Waals surface area contributed by atoms with Crippen LogP contribution in [0.2, 0.25) is 0 Å². The van der Waals surface area contributed by atoms with E-state index in [-0.39, 0.29) is 24.8 Å². The van der Waals surface area contributed by atoms with Gasteiger partial charge >= 0.3 is 0 Å². The number of benzene rings is 2. The van der Waals surface area contributed by atoms with E-state index in [0.29, 0.717) is 28.3 Å².